The number of rotatable bonds is 8. The molecule has 0 aliphatic heterocycles. The first kappa shape index (κ1) is 15.7. The summed E-state index contributed by atoms with van der Waals surface area (Å²) in [6.45, 7) is 1.23. The SMILES string of the molecule is CS(=O)(=O)NCCCNC(c1cccs1)c1cccs1. The zero-order valence-corrected chi connectivity index (χ0v) is 13.7. The number of hydrogen-bond donors (Lipinski definition) is 2. The van der Waals surface area contributed by atoms with Gasteiger partial charge in [-0.15, -0.1) is 22.7 Å². The Balaban J connectivity index is 1.87. The van der Waals surface area contributed by atoms with Gasteiger partial charge in [-0.2, -0.15) is 0 Å². The van der Waals surface area contributed by atoms with Crippen LogP contribution in [-0.4, -0.2) is 27.8 Å². The van der Waals surface area contributed by atoms with Crippen LogP contribution >= 0.6 is 22.7 Å². The Morgan fingerprint density at radius 2 is 1.70 bits per heavy atom. The summed E-state index contributed by atoms with van der Waals surface area (Å²) in [7, 11) is -3.08. The second kappa shape index (κ2) is 7.33. The minimum Gasteiger partial charge on any atom is -0.305 e. The van der Waals surface area contributed by atoms with Crippen molar-refractivity contribution in [2.24, 2.45) is 0 Å². The van der Waals surface area contributed by atoms with Crippen molar-refractivity contribution in [3.05, 3.63) is 44.8 Å². The topological polar surface area (TPSA) is 58.2 Å². The van der Waals surface area contributed by atoms with Gasteiger partial charge in [0.1, 0.15) is 0 Å². The van der Waals surface area contributed by atoms with Crippen LogP contribution in [0, 0.1) is 0 Å². The molecule has 0 aliphatic rings. The number of thiophene rings is 2. The van der Waals surface area contributed by atoms with Crippen LogP contribution in [0.15, 0.2) is 35.0 Å². The van der Waals surface area contributed by atoms with Gasteiger partial charge in [0.2, 0.25) is 10.0 Å². The monoisotopic (exact) mass is 330 g/mol. The van der Waals surface area contributed by atoms with Crippen molar-refractivity contribution in [1.29, 1.82) is 0 Å². The predicted molar refractivity (Wildman–Crippen MR) is 85.9 cm³/mol. The van der Waals surface area contributed by atoms with Crippen LogP contribution in [0.1, 0.15) is 22.2 Å². The molecule has 110 valence electrons. The molecule has 2 N–H and O–H groups in total. The highest BCUT2D eigenvalue weighted by Gasteiger charge is 2.15. The lowest BCUT2D eigenvalue weighted by Crippen LogP contribution is -2.28. The summed E-state index contributed by atoms with van der Waals surface area (Å²) < 4.78 is 24.4. The molecule has 2 heterocycles. The smallest absolute Gasteiger partial charge is 0.208 e. The van der Waals surface area contributed by atoms with Crippen LogP contribution in [-0.2, 0) is 10.0 Å². The molecule has 0 radical (unpaired) electrons. The average Bonchev–Trinajstić information content (AvgIpc) is 3.05. The van der Waals surface area contributed by atoms with E-state index in [1.54, 1.807) is 22.7 Å². The highest BCUT2D eigenvalue weighted by Crippen LogP contribution is 2.28. The van der Waals surface area contributed by atoms with E-state index in [9.17, 15) is 8.42 Å². The van der Waals surface area contributed by atoms with Gasteiger partial charge in [-0.3, -0.25) is 0 Å². The normalized spacial score (nSPS) is 12.1. The maximum atomic E-state index is 11.0. The standard InChI is InChI=1S/C13H18N2O2S3/c1-20(16,17)15-8-4-7-14-13(11-5-2-9-18-11)12-6-3-10-19-12/h2-3,5-6,9-10,13-15H,4,7-8H2,1H3. The first-order valence-corrected chi connectivity index (χ1v) is 9.96. The molecule has 0 amide bonds. The van der Waals surface area contributed by atoms with Gasteiger partial charge in [0.25, 0.3) is 0 Å². The lowest BCUT2D eigenvalue weighted by Gasteiger charge is -2.16. The molecule has 7 heteroatoms. The molecule has 0 fully saturated rings. The van der Waals surface area contributed by atoms with E-state index in [-0.39, 0.29) is 6.04 Å². The van der Waals surface area contributed by atoms with Crippen molar-refractivity contribution in [3.8, 4) is 0 Å². The Bertz CT molecular complexity index is 557. The summed E-state index contributed by atoms with van der Waals surface area (Å²) in [6, 6.07) is 8.54. The van der Waals surface area contributed by atoms with Crippen LogP contribution in [0.3, 0.4) is 0 Å². The average molecular weight is 331 g/mol. The molecule has 20 heavy (non-hydrogen) atoms. The molecule has 2 rings (SSSR count). The van der Waals surface area contributed by atoms with E-state index in [0.717, 1.165) is 13.0 Å². The van der Waals surface area contributed by atoms with Crippen LogP contribution in [0.2, 0.25) is 0 Å². The van der Waals surface area contributed by atoms with Gasteiger partial charge in [-0.25, -0.2) is 13.1 Å². The first-order chi connectivity index (χ1) is 9.56. The van der Waals surface area contributed by atoms with E-state index >= 15 is 0 Å². The van der Waals surface area contributed by atoms with Crippen molar-refractivity contribution in [3.63, 3.8) is 0 Å². The molecular weight excluding hydrogens is 312 g/mol. The molecule has 4 nitrogen and oxygen atoms in total. The summed E-state index contributed by atoms with van der Waals surface area (Å²) in [5.41, 5.74) is 0. The third-order valence-corrected chi connectivity index (χ3v) is 5.32. The Kier molecular flexibility index (Phi) is 5.74. The van der Waals surface area contributed by atoms with Crippen LogP contribution < -0.4 is 10.0 Å². The zero-order valence-electron chi connectivity index (χ0n) is 11.2. The molecule has 0 bridgehead atoms. The lowest BCUT2D eigenvalue weighted by atomic mass is 10.2. The maximum absolute atomic E-state index is 11.0. The molecule has 0 spiro atoms. The number of sulfonamides is 1. The minimum atomic E-state index is -3.08. The summed E-state index contributed by atoms with van der Waals surface area (Å²) in [4.78, 5) is 2.56. The van der Waals surface area contributed by atoms with Gasteiger partial charge in [-0.05, 0) is 35.9 Å². The van der Waals surface area contributed by atoms with E-state index in [0.29, 0.717) is 6.54 Å². The van der Waals surface area contributed by atoms with Crippen molar-refractivity contribution in [2.45, 2.75) is 12.5 Å². The van der Waals surface area contributed by atoms with Crippen molar-refractivity contribution in [1.82, 2.24) is 10.0 Å². The second-order valence-corrected chi connectivity index (χ2v) is 8.23. The van der Waals surface area contributed by atoms with E-state index in [1.165, 1.54) is 16.0 Å². The molecule has 2 aromatic rings. The Morgan fingerprint density at radius 3 is 2.15 bits per heavy atom. The highest BCUT2D eigenvalue weighted by molar-refractivity contribution is 7.88. The first-order valence-electron chi connectivity index (χ1n) is 6.31. The molecule has 2 aromatic heterocycles. The minimum absolute atomic E-state index is 0.202. The zero-order chi connectivity index (χ0) is 14.4. The van der Waals surface area contributed by atoms with E-state index in [2.05, 4.69) is 32.9 Å². The predicted octanol–water partition coefficient (Wildman–Crippen LogP) is 2.43. The largest absolute Gasteiger partial charge is 0.305 e. The third-order valence-electron chi connectivity index (χ3n) is 2.72. The lowest BCUT2D eigenvalue weighted by molar-refractivity contribution is 0.569. The van der Waals surface area contributed by atoms with Gasteiger partial charge in [0, 0.05) is 16.3 Å². The van der Waals surface area contributed by atoms with Crippen molar-refractivity contribution in [2.75, 3.05) is 19.3 Å². The molecule has 0 saturated heterocycles. The van der Waals surface area contributed by atoms with Gasteiger partial charge in [-0.1, -0.05) is 12.1 Å². The quantitative estimate of drug-likeness (QED) is 0.731. The fourth-order valence-electron chi connectivity index (χ4n) is 1.84. The second-order valence-electron chi connectivity index (χ2n) is 4.44. The Labute approximate surface area is 127 Å². The molecule has 0 aromatic carbocycles. The fourth-order valence-corrected chi connectivity index (χ4v) is 4.07. The van der Waals surface area contributed by atoms with Crippen LogP contribution in [0.5, 0.6) is 0 Å². The van der Waals surface area contributed by atoms with Gasteiger partial charge in [0.05, 0.1) is 12.3 Å². The van der Waals surface area contributed by atoms with Crippen LogP contribution in [0.25, 0.3) is 0 Å². The Morgan fingerprint density at radius 1 is 1.10 bits per heavy atom. The van der Waals surface area contributed by atoms with E-state index in [1.807, 2.05) is 12.1 Å². The van der Waals surface area contributed by atoms with Gasteiger partial charge in [0.15, 0.2) is 0 Å². The van der Waals surface area contributed by atoms with E-state index in [4.69, 9.17) is 0 Å². The molecule has 0 saturated carbocycles. The van der Waals surface area contributed by atoms with Crippen LogP contribution in [0.4, 0.5) is 0 Å². The molecule has 0 aliphatic carbocycles. The molecule has 0 unspecified atom stereocenters. The summed E-state index contributed by atoms with van der Waals surface area (Å²) in [5, 5.41) is 7.64. The molecular formula is C13H18N2O2S3. The number of nitrogens with one attached hydrogen (secondary N) is 2. The summed E-state index contributed by atoms with van der Waals surface area (Å²) in [5.74, 6) is 0. The van der Waals surface area contributed by atoms with Gasteiger partial charge >= 0.3 is 0 Å². The number of hydrogen-bond acceptors (Lipinski definition) is 5. The highest BCUT2D eigenvalue weighted by atomic mass is 32.2. The van der Waals surface area contributed by atoms with Gasteiger partial charge < -0.3 is 5.32 Å². The Hall–Kier alpha value is -0.730. The maximum Gasteiger partial charge on any atom is 0.208 e. The third kappa shape index (κ3) is 4.99. The fraction of sp³-hybridized carbons (Fsp3) is 0.385. The summed E-state index contributed by atoms with van der Waals surface area (Å²) in [6.07, 6.45) is 1.95. The van der Waals surface area contributed by atoms with Crippen molar-refractivity contribution >= 4 is 32.7 Å². The summed E-state index contributed by atoms with van der Waals surface area (Å²) >= 11 is 3.46. The van der Waals surface area contributed by atoms with E-state index < -0.39 is 10.0 Å². The van der Waals surface area contributed by atoms with Crippen molar-refractivity contribution < 1.29 is 8.42 Å². The molecule has 0 atom stereocenters.